The van der Waals surface area contributed by atoms with Gasteiger partial charge in [-0.25, -0.2) is 0 Å². The fourth-order valence-corrected chi connectivity index (χ4v) is 0.533. The molecule has 2 heteroatoms. The fraction of sp³-hybridized carbons (Fsp3) is 0.444. The lowest BCUT2D eigenvalue weighted by molar-refractivity contribution is -0.116. The van der Waals surface area contributed by atoms with Crippen LogP contribution in [0.25, 0.3) is 0 Å². The van der Waals surface area contributed by atoms with E-state index in [1.807, 2.05) is 13.8 Å². The normalized spacial score (nSPS) is 7.55. The van der Waals surface area contributed by atoms with E-state index in [1.54, 1.807) is 13.0 Å². The SMILES string of the molecule is CC#CCNC(=O)C=C(C)C. The van der Waals surface area contributed by atoms with E-state index in [1.165, 1.54) is 0 Å². The first kappa shape index (κ1) is 9.77. The summed E-state index contributed by atoms with van der Waals surface area (Å²) in [6, 6.07) is 0. The second-order valence-corrected chi connectivity index (χ2v) is 2.37. The second-order valence-electron chi connectivity index (χ2n) is 2.37. The molecule has 0 aliphatic carbocycles. The van der Waals surface area contributed by atoms with Crippen LogP contribution in [0.1, 0.15) is 20.8 Å². The van der Waals surface area contributed by atoms with Crippen molar-refractivity contribution in [3.8, 4) is 11.8 Å². The van der Waals surface area contributed by atoms with Crippen molar-refractivity contribution in [1.82, 2.24) is 5.32 Å². The third-order valence-corrected chi connectivity index (χ3v) is 0.948. The molecule has 2 nitrogen and oxygen atoms in total. The van der Waals surface area contributed by atoms with Gasteiger partial charge in [0.2, 0.25) is 5.91 Å². The molecule has 0 saturated carbocycles. The van der Waals surface area contributed by atoms with Gasteiger partial charge in [-0.2, -0.15) is 0 Å². The van der Waals surface area contributed by atoms with Crippen molar-refractivity contribution in [1.29, 1.82) is 0 Å². The van der Waals surface area contributed by atoms with Crippen molar-refractivity contribution in [3.05, 3.63) is 11.6 Å². The number of carbonyl (C=O) groups excluding carboxylic acids is 1. The number of nitrogens with one attached hydrogen (secondary N) is 1. The third-order valence-electron chi connectivity index (χ3n) is 0.948. The Morgan fingerprint density at radius 2 is 2.18 bits per heavy atom. The topological polar surface area (TPSA) is 29.1 Å². The van der Waals surface area contributed by atoms with Crippen LogP contribution in [0.15, 0.2) is 11.6 Å². The summed E-state index contributed by atoms with van der Waals surface area (Å²) in [4.78, 5) is 10.9. The van der Waals surface area contributed by atoms with Crippen molar-refractivity contribution in [2.24, 2.45) is 0 Å². The summed E-state index contributed by atoms with van der Waals surface area (Å²) in [7, 11) is 0. The number of rotatable bonds is 2. The molecule has 60 valence electrons. The van der Waals surface area contributed by atoms with E-state index in [9.17, 15) is 4.79 Å². The van der Waals surface area contributed by atoms with E-state index in [4.69, 9.17) is 0 Å². The number of hydrogen-bond donors (Lipinski definition) is 1. The van der Waals surface area contributed by atoms with Crippen LogP contribution in [0.5, 0.6) is 0 Å². The first-order valence-electron chi connectivity index (χ1n) is 3.49. The smallest absolute Gasteiger partial charge is 0.244 e. The maximum absolute atomic E-state index is 10.9. The molecule has 0 bridgehead atoms. The highest BCUT2D eigenvalue weighted by Crippen LogP contribution is 1.86. The summed E-state index contributed by atoms with van der Waals surface area (Å²) in [6.07, 6.45) is 1.55. The van der Waals surface area contributed by atoms with Gasteiger partial charge in [-0.3, -0.25) is 4.79 Å². The van der Waals surface area contributed by atoms with E-state index in [-0.39, 0.29) is 5.91 Å². The van der Waals surface area contributed by atoms with Crippen molar-refractivity contribution in [2.45, 2.75) is 20.8 Å². The van der Waals surface area contributed by atoms with Crippen LogP contribution in [0, 0.1) is 11.8 Å². The van der Waals surface area contributed by atoms with E-state index >= 15 is 0 Å². The third kappa shape index (κ3) is 6.66. The van der Waals surface area contributed by atoms with Gasteiger partial charge >= 0.3 is 0 Å². The van der Waals surface area contributed by atoms with Crippen LogP contribution in [-0.4, -0.2) is 12.5 Å². The number of hydrogen-bond acceptors (Lipinski definition) is 1. The van der Waals surface area contributed by atoms with Crippen LogP contribution in [0.3, 0.4) is 0 Å². The lowest BCUT2D eigenvalue weighted by Crippen LogP contribution is -2.21. The van der Waals surface area contributed by atoms with Gasteiger partial charge in [0.25, 0.3) is 0 Å². The van der Waals surface area contributed by atoms with Crippen molar-refractivity contribution in [2.75, 3.05) is 6.54 Å². The van der Waals surface area contributed by atoms with Gasteiger partial charge in [0.05, 0.1) is 6.54 Å². The lowest BCUT2D eigenvalue weighted by atomic mass is 10.3. The van der Waals surface area contributed by atoms with Gasteiger partial charge in [0, 0.05) is 6.08 Å². The molecule has 0 aromatic rings. The standard InChI is InChI=1S/C9H13NO/c1-4-5-6-10-9(11)7-8(2)3/h7H,6H2,1-3H3,(H,10,11). The van der Waals surface area contributed by atoms with Crippen LogP contribution < -0.4 is 5.32 Å². The quantitative estimate of drug-likeness (QED) is 0.464. The Bertz CT molecular complexity index is 213. The molecule has 0 spiro atoms. The van der Waals surface area contributed by atoms with E-state index in [0.29, 0.717) is 6.54 Å². The predicted octanol–water partition coefficient (Wildman–Crippen LogP) is 1.09. The number of allylic oxidation sites excluding steroid dienone is 1. The number of amides is 1. The molecule has 0 heterocycles. The summed E-state index contributed by atoms with van der Waals surface area (Å²) in [5.41, 5.74) is 0.993. The summed E-state index contributed by atoms with van der Waals surface area (Å²) in [5, 5.41) is 2.63. The summed E-state index contributed by atoms with van der Waals surface area (Å²) in [5.74, 6) is 5.36. The summed E-state index contributed by atoms with van der Waals surface area (Å²) >= 11 is 0. The van der Waals surface area contributed by atoms with Crippen molar-refractivity contribution < 1.29 is 4.79 Å². The Hall–Kier alpha value is -1.23. The molecule has 0 fully saturated rings. The zero-order valence-corrected chi connectivity index (χ0v) is 7.19. The van der Waals surface area contributed by atoms with Gasteiger partial charge in [-0.15, -0.1) is 5.92 Å². The first-order chi connectivity index (χ1) is 5.16. The molecule has 0 aromatic carbocycles. The lowest BCUT2D eigenvalue weighted by Gasteiger charge is -1.94. The molecule has 0 saturated heterocycles. The molecule has 0 aromatic heterocycles. The maximum atomic E-state index is 10.9. The minimum Gasteiger partial charge on any atom is -0.342 e. The van der Waals surface area contributed by atoms with Crippen LogP contribution >= 0.6 is 0 Å². The highest BCUT2D eigenvalue weighted by atomic mass is 16.1. The molecule has 0 atom stereocenters. The Balaban J connectivity index is 3.68. The minimum atomic E-state index is -0.0762. The Kier molecular flexibility index (Phi) is 4.93. The molecule has 0 radical (unpaired) electrons. The average Bonchev–Trinajstić information content (AvgIpc) is 1.86. The predicted molar refractivity (Wildman–Crippen MR) is 45.9 cm³/mol. The molecular weight excluding hydrogens is 138 g/mol. The average molecular weight is 151 g/mol. The molecule has 0 rings (SSSR count). The van der Waals surface area contributed by atoms with Crippen LogP contribution in [-0.2, 0) is 4.79 Å². The fourth-order valence-electron chi connectivity index (χ4n) is 0.533. The molecule has 1 N–H and O–H groups in total. The largest absolute Gasteiger partial charge is 0.342 e. The van der Waals surface area contributed by atoms with E-state index in [2.05, 4.69) is 17.2 Å². The highest BCUT2D eigenvalue weighted by Gasteiger charge is 1.90. The van der Waals surface area contributed by atoms with Gasteiger partial charge in [0.15, 0.2) is 0 Å². The van der Waals surface area contributed by atoms with Gasteiger partial charge in [-0.1, -0.05) is 11.5 Å². The van der Waals surface area contributed by atoms with Gasteiger partial charge < -0.3 is 5.32 Å². The van der Waals surface area contributed by atoms with E-state index < -0.39 is 0 Å². The summed E-state index contributed by atoms with van der Waals surface area (Å²) < 4.78 is 0. The highest BCUT2D eigenvalue weighted by molar-refractivity contribution is 5.88. The first-order valence-corrected chi connectivity index (χ1v) is 3.49. The second kappa shape index (κ2) is 5.55. The Morgan fingerprint density at radius 1 is 1.55 bits per heavy atom. The minimum absolute atomic E-state index is 0.0762. The van der Waals surface area contributed by atoms with Gasteiger partial charge in [0.1, 0.15) is 0 Å². The number of carbonyl (C=O) groups is 1. The Labute approximate surface area is 67.7 Å². The molecule has 11 heavy (non-hydrogen) atoms. The molecule has 0 aliphatic heterocycles. The van der Waals surface area contributed by atoms with Crippen molar-refractivity contribution >= 4 is 5.91 Å². The maximum Gasteiger partial charge on any atom is 0.244 e. The Morgan fingerprint density at radius 3 is 2.64 bits per heavy atom. The van der Waals surface area contributed by atoms with Crippen LogP contribution in [0.4, 0.5) is 0 Å². The molecule has 1 amide bonds. The zero-order chi connectivity index (χ0) is 8.69. The monoisotopic (exact) mass is 151 g/mol. The van der Waals surface area contributed by atoms with Gasteiger partial charge in [-0.05, 0) is 20.8 Å². The van der Waals surface area contributed by atoms with Crippen LogP contribution in [0.2, 0.25) is 0 Å². The summed E-state index contributed by atoms with van der Waals surface area (Å²) in [6.45, 7) is 5.93. The van der Waals surface area contributed by atoms with E-state index in [0.717, 1.165) is 5.57 Å². The molecule has 0 unspecified atom stereocenters. The zero-order valence-electron chi connectivity index (χ0n) is 7.19. The molecular formula is C9H13NO. The van der Waals surface area contributed by atoms with Crippen molar-refractivity contribution in [3.63, 3.8) is 0 Å². The molecule has 0 aliphatic rings.